The number of hydrogen-bond acceptors (Lipinski definition) is 2. The van der Waals surface area contributed by atoms with Gasteiger partial charge in [0.1, 0.15) is 0 Å². The minimum Gasteiger partial charge on any atom is -0.308 e. The van der Waals surface area contributed by atoms with Gasteiger partial charge in [-0.1, -0.05) is 24.3 Å². The molecule has 1 amide bonds. The zero-order valence-electron chi connectivity index (χ0n) is 9.13. The first-order valence-corrected chi connectivity index (χ1v) is 5.79. The van der Waals surface area contributed by atoms with E-state index >= 15 is 0 Å². The molecule has 0 fully saturated rings. The van der Waals surface area contributed by atoms with Gasteiger partial charge in [0.15, 0.2) is 0 Å². The number of carbonyl (C=O) groups excluding carboxylic acids is 1. The van der Waals surface area contributed by atoms with E-state index in [1.807, 2.05) is 33.2 Å². The molecule has 0 saturated heterocycles. The molecular formula is C10H19NOS. The molecule has 13 heavy (non-hydrogen) atoms. The highest BCUT2D eigenvalue weighted by molar-refractivity contribution is 8.12. The van der Waals surface area contributed by atoms with Crippen LogP contribution in [0.3, 0.4) is 0 Å². The van der Waals surface area contributed by atoms with Crippen LogP contribution in [0.5, 0.6) is 0 Å². The smallest absolute Gasteiger partial charge is 0.285 e. The lowest BCUT2D eigenvalue weighted by atomic mass is 10.2. The van der Waals surface area contributed by atoms with Crippen molar-refractivity contribution in [1.29, 1.82) is 0 Å². The molecule has 0 N–H and O–H groups in total. The van der Waals surface area contributed by atoms with Crippen LogP contribution in [0.25, 0.3) is 0 Å². The van der Waals surface area contributed by atoms with Gasteiger partial charge in [-0.2, -0.15) is 0 Å². The third-order valence-corrected chi connectivity index (χ3v) is 2.42. The summed E-state index contributed by atoms with van der Waals surface area (Å²) in [6.45, 7) is 8.18. The van der Waals surface area contributed by atoms with Crippen molar-refractivity contribution in [2.24, 2.45) is 0 Å². The van der Waals surface area contributed by atoms with Crippen LogP contribution in [0, 0.1) is 0 Å². The number of amides is 1. The maximum absolute atomic E-state index is 11.4. The molecule has 0 unspecified atom stereocenters. The van der Waals surface area contributed by atoms with Crippen molar-refractivity contribution in [2.45, 2.75) is 40.2 Å². The van der Waals surface area contributed by atoms with E-state index in [4.69, 9.17) is 0 Å². The molecule has 76 valence electrons. The van der Waals surface area contributed by atoms with Crippen molar-refractivity contribution in [2.75, 3.05) is 6.26 Å². The van der Waals surface area contributed by atoms with Gasteiger partial charge < -0.3 is 4.90 Å². The monoisotopic (exact) mass is 201 g/mol. The van der Waals surface area contributed by atoms with Crippen LogP contribution in [0.1, 0.15) is 34.1 Å². The summed E-state index contributed by atoms with van der Waals surface area (Å²) in [4.78, 5) is 13.2. The number of thioether (sulfide) groups is 1. The van der Waals surface area contributed by atoms with Gasteiger partial charge >= 0.3 is 0 Å². The van der Waals surface area contributed by atoms with E-state index in [0.717, 1.165) is 6.42 Å². The Kier molecular flexibility index (Phi) is 5.88. The summed E-state index contributed by atoms with van der Waals surface area (Å²) in [6.07, 6.45) is 4.75. The number of allylic oxidation sites excluding steroid dienone is 1. The summed E-state index contributed by atoms with van der Waals surface area (Å²) in [6, 6.07) is 0.237. The molecule has 2 nitrogen and oxygen atoms in total. The standard InChI is InChI=1S/C10H19NOS/c1-6-9(4)7-11(8(2)3)10(12)13-5/h7-8H,6H2,1-5H3/b9-7+. The predicted molar refractivity (Wildman–Crippen MR) is 59.9 cm³/mol. The Balaban J connectivity index is 4.53. The van der Waals surface area contributed by atoms with Crippen LogP contribution in [0.15, 0.2) is 11.8 Å². The highest BCUT2D eigenvalue weighted by Crippen LogP contribution is 2.12. The predicted octanol–water partition coefficient (Wildman–Crippen LogP) is 3.49. The Morgan fingerprint density at radius 1 is 1.54 bits per heavy atom. The third kappa shape index (κ3) is 4.36. The van der Waals surface area contributed by atoms with Crippen molar-refractivity contribution in [3.8, 4) is 0 Å². The lowest BCUT2D eigenvalue weighted by Gasteiger charge is -2.22. The highest BCUT2D eigenvalue weighted by Gasteiger charge is 2.12. The van der Waals surface area contributed by atoms with E-state index in [2.05, 4.69) is 6.92 Å². The lowest BCUT2D eigenvalue weighted by Crippen LogP contribution is -2.29. The van der Waals surface area contributed by atoms with Gasteiger partial charge in [0.2, 0.25) is 0 Å². The average molecular weight is 201 g/mol. The van der Waals surface area contributed by atoms with Crippen LogP contribution in [-0.4, -0.2) is 22.4 Å². The fourth-order valence-corrected chi connectivity index (χ4v) is 1.32. The van der Waals surface area contributed by atoms with Crippen molar-refractivity contribution in [3.63, 3.8) is 0 Å². The first-order valence-electron chi connectivity index (χ1n) is 4.56. The maximum Gasteiger partial charge on any atom is 0.285 e. The van der Waals surface area contributed by atoms with E-state index in [1.54, 1.807) is 4.90 Å². The van der Waals surface area contributed by atoms with Crippen molar-refractivity contribution >= 4 is 17.0 Å². The topological polar surface area (TPSA) is 20.3 Å². The number of hydrogen-bond donors (Lipinski definition) is 0. The minimum atomic E-state index is 0.114. The fraction of sp³-hybridized carbons (Fsp3) is 0.700. The van der Waals surface area contributed by atoms with E-state index in [-0.39, 0.29) is 11.3 Å². The summed E-state index contributed by atoms with van der Waals surface area (Å²) < 4.78 is 0. The van der Waals surface area contributed by atoms with Crippen molar-refractivity contribution < 1.29 is 4.79 Å². The first kappa shape index (κ1) is 12.6. The van der Waals surface area contributed by atoms with Crippen LogP contribution in [-0.2, 0) is 0 Å². The van der Waals surface area contributed by atoms with Gasteiger partial charge in [-0.3, -0.25) is 4.79 Å². The molecule has 0 aromatic carbocycles. The highest BCUT2D eigenvalue weighted by atomic mass is 32.2. The first-order chi connectivity index (χ1) is 6.02. The number of carbonyl (C=O) groups is 1. The summed E-state index contributed by atoms with van der Waals surface area (Å²) in [7, 11) is 0. The van der Waals surface area contributed by atoms with Crippen LogP contribution in [0.4, 0.5) is 4.79 Å². The molecule has 0 aromatic rings. The molecule has 0 aliphatic carbocycles. The van der Waals surface area contributed by atoms with E-state index in [9.17, 15) is 4.79 Å². The Hall–Kier alpha value is -0.440. The molecule has 0 aliphatic heterocycles. The molecule has 0 spiro atoms. The Morgan fingerprint density at radius 2 is 2.08 bits per heavy atom. The van der Waals surface area contributed by atoms with Gasteiger partial charge in [0.25, 0.3) is 5.24 Å². The minimum absolute atomic E-state index is 0.114. The zero-order valence-corrected chi connectivity index (χ0v) is 9.94. The normalized spacial score (nSPS) is 12.0. The molecule has 0 aromatic heterocycles. The maximum atomic E-state index is 11.4. The quantitative estimate of drug-likeness (QED) is 0.696. The third-order valence-electron chi connectivity index (χ3n) is 1.86. The summed E-state index contributed by atoms with van der Waals surface area (Å²) in [5, 5.41) is 0.114. The Morgan fingerprint density at radius 3 is 2.38 bits per heavy atom. The van der Waals surface area contributed by atoms with Gasteiger partial charge in [-0.05, 0) is 33.4 Å². The molecule has 0 radical (unpaired) electrons. The molecule has 0 rings (SSSR count). The van der Waals surface area contributed by atoms with E-state index in [1.165, 1.54) is 17.3 Å². The molecule has 3 heteroatoms. The van der Waals surface area contributed by atoms with Crippen LogP contribution in [0.2, 0.25) is 0 Å². The lowest BCUT2D eigenvalue weighted by molar-refractivity contribution is 0.230. The number of nitrogens with zero attached hydrogens (tertiary/aromatic N) is 1. The Labute approximate surface area is 85.4 Å². The van der Waals surface area contributed by atoms with E-state index in [0.29, 0.717) is 0 Å². The van der Waals surface area contributed by atoms with Gasteiger partial charge in [0.05, 0.1) is 0 Å². The summed E-state index contributed by atoms with van der Waals surface area (Å²) >= 11 is 1.26. The summed E-state index contributed by atoms with van der Waals surface area (Å²) in [5.41, 5.74) is 1.23. The Bertz CT molecular complexity index is 199. The average Bonchev–Trinajstić information content (AvgIpc) is 2.11. The van der Waals surface area contributed by atoms with Gasteiger partial charge in [-0.25, -0.2) is 0 Å². The molecule has 0 saturated carbocycles. The fourth-order valence-electron chi connectivity index (χ4n) is 0.847. The molecule has 0 atom stereocenters. The van der Waals surface area contributed by atoms with Gasteiger partial charge in [-0.15, -0.1) is 0 Å². The van der Waals surface area contributed by atoms with E-state index < -0.39 is 0 Å². The zero-order chi connectivity index (χ0) is 10.4. The second-order valence-electron chi connectivity index (χ2n) is 3.30. The van der Waals surface area contributed by atoms with Crippen molar-refractivity contribution in [3.05, 3.63) is 11.8 Å². The SMILES string of the molecule is CC/C(C)=C/N(C(=O)SC)C(C)C. The van der Waals surface area contributed by atoms with Crippen LogP contribution >= 0.6 is 11.8 Å². The number of rotatable bonds is 3. The molecule has 0 heterocycles. The molecule has 0 bridgehead atoms. The second kappa shape index (κ2) is 6.08. The summed E-state index contributed by atoms with van der Waals surface area (Å²) in [5.74, 6) is 0. The molecule has 0 aliphatic rings. The molecular weight excluding hydrogens is 182 g/mol. The van der Waals surface area contributed by atoms with Crippen molar-refractivity contribution in [1.82, 2.24) is 4.90 Å². The second-order valence-corrected chi connectivity index (χ2v) is 4.06. The van der Waals surface area contributed by atoms with Gasteiger partial charge in [0, 0.05) is 12.2 Å². The largest absolute Gasteiger partial charge is 0.308 e. The van der Waals surface area contributed by atoms with Crippen LogP contribution < -0.4 is 0 Å².